The number of hydrogen-bond acceptors (Lipinski definition) is 2. The van der Waals surface area contributed by atoms with Crippen molar-refractivity contribution in [1.82, 2.24) is 0 Å². The molecule has 0 aliphatic heterocycles. The molecule has 1 aliphatic rings. The first-order valence-electron chi connectivity index (χ1n) is 6.44. The summed E-state index contributed by atoms with van der Waals surface area (Å²) in [6.45, 7) is 4.27. The summed E-state index contributed by atoms with van der Waals surface area (Å²) in [5.74, 6) is -0.494. The summed E-state index contributed by atoms with van der Waals surface area (Å²) in [4.78, 5) is 13.1. The fraction of sp³-hybridized carbons (Fsp3) is 0.533. The maximum atomic E-state index is 10.9. The molecule has 2 rings (SSSR count). The Hall–Kier alpha value is -0.406. The molecule has 0 heterocycles. The van der Waals surface area contributed by atoms with E-state index in [2.05, 4.69) is 38.9 Å². The van der Waals surface area contributed by atoms with E-state index in [1.165, 1.54) is 27.9 Å². The number of anilines is 1. The van der Waals surface area contributed by atoms with Crippen molar-refractivity contribution in [3.8, 4) is 0 Å². The van der Waals surface area contributed by atoms with Gasteiger partial charge < -0.3 is 10.0 Å². The third-order valence-corrected chi connectivity index (χ3v) is 3.95. The maximum Gasteiger partial charge on any atom is 0.303 e. The minimum atomic E-state index is -0.695. The van der Waals surface area contributed by atoms with Crippen LogP contribution >= 0.6 is 0 Å². The van der Waals surface area contributed by atoms with Gasteiger partial charge in [0.15, 0.2) is 0 Å². The number of carboxylic acid groups (broad SMARTS) is 1. The number of fused-ring (bicyclic) bond motifs is 1. The Morgan fingerprint density at radius 3 is 2.58 bits per heavy atom. The molecule has 1 N–H and O–H groups in total. The average Bonchev–Trinajstić information content (AvgIpc) is 2.60. The molecule has 1 radical (unpaired) electrons. The van der Waals surface area contributed by atoms with Crippen molar-refractivity contribution in [2.75, 3.05) is 19.0 Å². The minimum Gasteiger partial charge on any atom is -0.481 e. The van der Waals surface area contributed by atoms with E-state index in [4.69, 9.17) is 5.11 Å². The normalized spacial score (nSPS) is 16.7. The van der Waals surface area contributed by atoms with Crippen LogP contribution in [0.5, 0.6) is 0 Å². The van der Waals surface area contributed by atoms with Gasteiger partial charge in [-0.25, -0.2) is 0 Å². The first kappa shape index (κ1) is 16.6. The SMILES string of the molecule is Cc1cc2c(c(C)c1N(C)C)CCC2CC(=O)O.[Y]. The number of carbonyl (C=O) groups is 1. The maximum absolute atomic E-state index is 10.9. The number of nitrogens with zero attached hydrogens (tertiary/aromatic N) is 1. The zero-order valence-electron chi connectivity index (χ0n) is 12.2. The van der Waals surface area contributed by atoms with Gasteiger partial charge in [0.05, 0.1) is 6.42 Å². The van der Waals surface area contributed by atoms with E-state index in [1.54, 1.807) is 0 Å². The number of hydrogen-bond donors (Lipinski definition) is 1. The van der Waals surface area contributed by atoms with E-state index >= 15 is 0 Å². The molecule has 1 atom stereocenters. The van der Waals surface area contributed by atoms with E-state index in [9.17, 15) is 4.79 Å². The first-order valence-corrected chi connectivity index (χ1v) is 6.44. The molecule has 19 heavy (non-hydrogen) atoms. The van der Waals surface area contributed by atoms with Crippen LogP contribution in [0.25, 0.3) is 0 Å². The van der Waals surface area contributed by atoms with Gasteiger partial charge in [0.1, 0.15) is 0 Å². The van der Waals surface area contributed by atoms with Gasteiger partial charge in [-0.2, -0.15) is 0 Å². The Morgan fingerprint density at radius 1 is 1.42 bits per heavy atom. The number of benzene rings is 1. The van der Waals surface area contributed by atoms with Crippen LogP contribution in [0.1, 0.15) is 41.0 Å². The third-order valence-electron chi connectivity index (χ3n) is 3.95. The molecule has 1 aromatic rings. The Balaban J connectivity index is 0.00000180. The Morgan fingerprint density at radius 2 is 2.05 bits per heavy atom. The van der Waals surface area contributed by atoms with Crippen LogP contribution < -0.4 is 4.90 Å². The van der Waals surface area contributed by atoms with E-state index in [1.807, 2.05) is 0 Å². The smallest absolute Gasteiger partial charge is 0.303 e. The van der Waals surface area contributed by atoms with Gasteiger partial charge in [0.2, 0.25) is 0 Å². The van der Waals surface area contributed by atoms with E-state index in [-0.39, 0.29) is 45.0 Å². The van der Waals surface area contributed by atoms with Crippen LogP contribution in [-0.4, -0.2) is 25.2 Å². The Bertz CT molecular complexity index is 497. The molecule has 0 bridgehead atoms. The molecular weight excluding hydrogens is 315 g/mol. The third kappa shape index (κ3) is 3.19. The van der Waals surface area contributed by atoms with Crippen LogP contribution in [0.4, 0.5) is 5.69 Å². The second-order valence-electron chi connectivity index (χ2n) is 5.46. The van der Waals surface area contributed by atoms with Gasteiger partial charge in [-0.1, -0.05) is 6.07 Å². The number of aryl methyl sites for hydroxylation is 1. The second-order valence-corrected chi connectivity index (χ2v) is 5.46. The summed E-state index contributed by atoms with van der Waals surface area (Å²) in [5.41, 5.74) is 6.48. The van der Waals surface area contributed by atoms with Crippen molar-refractivity contribution in [3.63, 3.8) is 0 Å². The summed E-state index contributed by atoms with van der Waals surface area (Å²) >= 11 is 0. The number of aliphatic carboxylic acids is 1. The van der Waals surface area contributed by atoms with Crippen LogP contribution in [0.3, 0.4) is 0 Å². The van der Waals surface area contributed by atoms with Crippen molar-refractivity contribution >= 4 is 11.7 Å². The fourth-order valence-electron chi connectivity index (χ4n) is 3.32. The van der Waals surface area contributed by atoms with Crippen molar-refractivity contribution in [2.24, 2.45) is 0 Å². The molecule has 4 heteroatoms. The predicted molar refractivity (Wildman–Crippen MR) is 73.6 cm³/mol. The van der Waals surface area contributed by atoms with Gasteiger partial charge in [0.25, 0.3) is 0 Å². The zero-order valence-corrected chi connectivity index (χ0v) is 15.0. The van der Waals surface area contributed by atoms with Gasteiger partial charge in [-0.15, -0.1) is 0 Å². The Kier molecular flexibility index (Phi) is 5.57. The van der Waals surface area contributed by atoms with E-state index < -0.39 is 5.97 Å². The summed E-state index contributed by atoms with van der Waals surface area (Å²) in [6.07, 6.45) is 2.24. The fourth-order valence-corrected chi connectivity index (χ4v) is 3.32. The molecule has 1 aromatic carbocycles. The van der Waals surface area contributed by atoms with Gasteiger partial charge in [0, 0.05) is 52.5 Å². The topological polar surface area (TPSA) is 40.5 Å². The predicted octanol–water partition coefficient (Wildman–Crippen LogP) is 2.87. The molecule has 0 aromatic heterocycles. The summed E-state index contributed by atoms with van der Waals surface area (Å²) in [6, 6.07) is 2.19. The minimum absolute atomic E-state index is 0. The van der Waals surface area contributed by atoms with Crippen LogP contribution in [0.2, 0.25) is 0 Å². The molecule has 0 saturated heterocycles. The zero-order chi connectivity index (χ0) is 13.4. The van der Waals surface area contributed by atoms with Gasteiger partial charge in [-0.05, 0) is 54.9 Å². The number of carboxylic acids is 1. The molecule has 1 unspecified atom stereocenters. The molecule has 0 fully saturated rings. The molecule has 0 amide bonds. The first-order chi connectivity index (χ1) is 8.41. The van der Waals surface area contributed by atoms with E-state index in [0.717, 1.165) is 12.8 Å². The molecular formula is C15H21NO2Y. The van der Waals surface area contributed by atoms with Crippen molar-refractivity contribution in [3.05, 3.63) is 28.3 Å². The number of rotatable bonds is 3. The largest absolute Gasteiger partial charge is 0.481 e. The van der Waals surface area contributed by atoms with Crippen molar-refractivity contribution in [2.45, 2.75) is 39.0 Å². The van der Waals surface area contributed by atoms with Crippen molar-refractivity contribution in [1.29, 1.82) is 0 Å². The quantitative estimate of drug-likeness (QED) is 0.923. The average molecular weight is 336 g/mol. The molecule has 101 valence electrons. The van der Waals surface area contributed by atoms with Crippen LogP contribution in [0.15, 0.2) is 6.07 Å². The molecule has 0 spiro atoms. The molecule has 3 nitrogen and oxygen atoms in total. The standard InChI is InChI=1S/C15H21NO2.Y/c1-9-7-13-11(8-14(17)18)5-6-12(13)10(2)15(9)16(3)4;/h7,11H,5-6,8H2,1-4H3,(H,17,18);. The van der Waals surface area contributed by atoms with Crippen LogP contribution in [-0.2, 0) is 43.9 Å². The van der Waals surface area contributed by atoms with E-state index in [0.29, 0.717) is 0 Å². The monoisotopic (exact) mass is 336 g/mol. The summed E-state index contributed by atoms with van der Waals surface area (Å²) in [5, 5.41) is 8.97. The van der Waals surface area contributed by atoms with Gasteiger partial charge in [-0.3, -0.25) is 4.79 Å². The van der Waals surface area contributed by atoms with Crippen LogP contribution in [0, 0.1) is 13.8 Å². The van der Waals surface area contributed by atoms with Crippen molar-refractivity contribution < 1.29 is 42.6 Å². The Labute approximate surface area is 140 Å². The summed E-state index contributed by atoms with van der Waals surface area (Å²) < 4.78 is 0. The molecule has 0 saturated carbocycles. The second kappa shape index (κ2) is 6.36. The summed E-state index contributed by atoms with van der Waals surface area (Å²) in [7, 11) is 4.12. The van der Waals surface area contributed by atoms with Gasteiger partial charge >= 0.3 is 5.97 Å². The molecule has 1 aliphatic carbocycles.